The Morgan fingerprint density at radius 3 is 2.71 bits per heavy atom. The molecule has 2 aromatic rings. The van der Waals surface area contributed by atoms with Gasteiger partial charge in [-0.25, -0.2) is 0 Å². The predicted molar refractivity (Wildman–Crippen MR) is 90.1 cm³/mol. The molecule has 0 saturated carbocycles. The molecular weight excluding hydrogens is 350 g/mol. The molecule has 0 spiro atoms. The van der Waals surface area contributed by atoms with Crippen LogP contribution in [0.25, 0.3) is 0 Å². The third-order valence-corrected chi connectivity index (χ3v) is 4.84. The Balaban J connectivity index is 1.98. The van der Waals surface area contributed by atoms with Gasteiger partial charge in [0.15, 0.2) is 0 Å². The molecule has 1 aliphatic heterocycles. The Kier molecular flexibility index (Phi) is 4.25. The van der Waals surface area contributed by atoms with Crippen molar-refractivity contribution < 1.29 is 4.74 Å². The lowest BCUT2D eigenvalue weighted by Gasteiger charge is -2.33. The second kappa shape index (κ2) is 5.99. The molecule has 1 heterocycles. The van der Waals surface area contributed by atoms with Gasteiger partial charge in [0.05, 0.1) is 0 Å². The van der Waals surface area contributed by atoms with Gasteiger partial charge in [0.2, 0.25) is 0 Å². The molecule has 0 amide bonds. The molecule has 0 fully saturated rings. The Bertz CT molecular complexity index is 674. The quantitative estimate of drug-likeness (QED) is 0.789. The van der Waals surface area contributed by atoms with Crippen LogP contribution in [0.15, 0.2) is 40.9 Å². The Morgan fingerprint density at radius 2 is 2.00 bits per heavy atom. The van der Waals surface area contributed by atoms with Gasteiger partial charge < -0.3 is 10.1 Å². The summed E-state index contributed by atoms with van der Waals surface area (Å²) in [7, 11) is 1.97. The van der Waals surface area contributed by atoms with E-state index in [0.29, 0.717) is 0 Å². The molecule has 0 radical (unpaired) electrons. The Hall–Kier alpha value is -1.03. The molecule has 0 aromatic heterocycles. The van der Waals surface area contributed by atoms with Crippen LogP contribution in [0.1, 0.15) is 35.3 Å². The summed E-state index contributed by atoms with van der Waals surface area (Å²) >= 11 is 9.76. The normalized spacial score (nSPS) is 20.8. The van der Waals surface area contributed by atoms with Gasteiger partial charge in [0.25, 0.3) is 0 Å². The minimum Gasteiger partial charge on any atom is -0.485 e. The number of rotatable bonds is 2. The van der Waals surface area contributed by atoms with Gasteiger partial charge in [-0.2, -0.15) is 0 Å². The van der Waals surface area contributed by atoms with Crippen LogP contribution in [-0.2, 0) is 0 Å². The van der Waals surface area contributed by atoms with Crippen molar-refractivity contribution in [1.82, 2.24) is 5.32 Å². The van der Waals surface area contributed by atoms with E-state index in [4.69, 9.17) is 16.3 Å². The van der Waals surface area contributed by atoms with Crippen LogP contribution in [0.5, 0.6) is 5.75 Å². The van der Waals surface area contributed by atoms with Crippen molar-refractivity contribution in [3.05, 3.63) is 62.6 Å². The van der Waals surface area contributed by atoms with Crippen molar-refractivity contribution in [2.75, 3.05) is 7.05 Å². The number of fused-ring (bicyclic) bond motifs is 1. The van der Waals surface area contributed by atoms with Crippen LogP contribution in [-0.4, -0.2) is 7.05 Å². The van der Waals surface area contributed by atoms with Crippen LogP contribution >= 0.6 is 27.5 Å². The number of aryl methyl sites for hydroxylation is 1. The number of nitrogens with one attached hydrogen (secondary N) is 1. The maximum Gasteiger partial charge on any atom is 0.127 e. The third kappa shape index (κ3) is 2.96. The van der Waals surface area contributed by atoms with Crippen LogP contribution < -0.4 is 10.1 Å². The maximum atomic E-state index is 6.20. The molecular formula is C17H17BrClNO. The minimum absolute atomic E-state index is 0.0334. The van der Waals surface area contributed by atoms with E-state index in [1.165, 1.54) is 11.1 Å². The Labute approximate surface area is 138 Å². The predicted octanol–water partition coefficient (Wildman–Crippen LogP) is 5.20. The van der Waals surface area contributed by atoms with E-state index in [1.54, 1.807) is 0 Å². The number of hydrogen-bond acceptors (Lipinski definition) is 2. The minimum atomic E-state index is 0.0334. The van der Waals surface area contributed by atoms with E-state index >= 15 is 0 Å². The molecule has 0 aliphatic carbocycles. The molecule has 1 aliphatic rings. The standard InChI is InChI=1S/C17H17BrClNO/c1-10-3-5-12(14(18)7-10)17-9-15(20-2)13-8-11(19)4-6-16(13)21-17/h3-8,15,17,20H,9H2,1-2H3. The molecule has 3 rings (SSSR count). The van der Waals surface area contributed by atoms with Crippen molar-refractivity contribution >= 4 is 27.5 Å². The molecule has 0 saturated heterocycles. The zero-order chi connectivity index (χ0) is 15.0. The zero-order valence-electron chi connectivity index (χ0n) is 12.0. The summed E-state index contributed by atoms with van der Waals surface area (Å²) in [6.45, 7) is 2.09. The lowest BCUT2D eigenvalue weighted by molar-refractivity contribution is 0.153. The summed E-state index contributed by atoms with van der Waals surface area (Å²) in [5.41, 5.74) is 3.55. The molecule has 4 heteroatoms. The second-order valence-corrected chi connectivity index (χ2v) is 6.68. The summed E-state index contributed by atoms with van der Waals surface area (Å²) in [5, 5.41) is 4.11. The highest BCUT2D eigenvalue weighted by atomic mass is 79.9. The van der Waals surface area contributed by atoms with Gasteiger partial charge in [0.1, 0.15) is 11.9 Å². The van der Waals surface area contributed by atoms with Crippen molar-refractivity contribution in [1.29, 1.82) is 0 Å². The first-order valence-corrected chi connectivity index (χ1v) is 8.15. The molecule has 110 valence electrons. The van der Waals surface area contributed by atoms with Gasteiger partial charge in [-0.15, -0.1) is 0 Å². The summed E-state index contributed by atoms with van der Waals surface area (Å²) in [4.78, 5) is 0. The molecule has 0 bridgehead atoms. The highest BCUT2D eigenvalue weighted by Gasteiger charge is 2.29. The Morgan fingerprint density at radius 1 is 1.19 bits per heavy atom. The van der Waals surface area contributed by atoms with Crippen molar-refractivity contribution in [3.63, 3.8) is 0 Å². The van der Waals surface area contributed by atoms with Gasteiger partial charge >= 0.3 is 0 Å². The molecule has 2 aromatic carbocycles. The van der Waals surface area contributed by atoms with E-state index in [1.807, 2.05) is 25.2 Å². The summed E-state index contributed by atoms with van der Waals surface area (Å²) in [6.07, 6.45) is 0.914. The number of ether oxygens (including phenoxy) is 1. The highest BCUT2D eigenvalue weighted by Crippen LogP contribution is 2.43. The van der Waals surface area contributed by atoms with E-state index < -0.39 is 0 Å². The fourth-order valence-corrected chi connectivity index (χ4v) is 3.73. The number of halogens is 2. The van der Waals surface area contributed by atoms with Gasteiger partial charge in [-0.3, -0.25) is 0 Å². The molecule has 2 unspecified atom stereocenters. The maximum absolute atomic E-state index is 6.20. The largest absolute Gasteiger partial charge is 0.485 e. The van der Waals surface area contributed by atoms with Crippen LogP contribution in [0, 0.1) is 6.92 Å². The van der Waals surface area contributed by atoms with Gasteiger partial charge in [0, 0.05) is 33.1 Å². The fourth-order valence-electron chi connectivity index (χ4n) is 2.80. The average Bonchev–Trinajstić information content (AvgIpc) is 2.46. The van der Waals surface area contributed by atoms with Crippen LogP contribution in [0.4, 0.5) is 0 Å². The van der Waals surface area contributed by atoms with Gasteiger partial charge in [-0.05, 0) is 43.8 Å². The smallest absolute Gasteiger partial charge is 0.127 e. The highest BCUT2D eigenvalue weighted by molar-refractivity contribution is 9.10. The van der Waals surface area contributed by atoms with Crippen molar-refractivity contribution in [2.24, 2.45) is 0 Å². The third-order valence-electron chi connectivity index (χ3n) is 3.92. The average molecular weight is 367 g/mol. The monoisotopic (exact) mass is 365 g/mol. The second-order valence-electron chi connectivity index (χ2n) is 5.39. The topological polar surface area (TPSA) is 21.3 Å². The molecule has 21 heavy (non-hydrogen) atoms. The SMILES string of the molecule is CNC1CC(c2ccc(C)cc2Br)Oc2ccc(Cl)cc21. The first-order chi connectivity index (χ1) is 10.1. The van der Waals surface area contributed by atoms with Crippen molar-refractivity contribution in [2.45, 2.75) is 25.5 Å². The number of hydrogen-bond donors (Lipinski definition) is 1. The molecule has 2 atom stereocenters. The number of benzene rings is 2. The van der Waals surface area contributed by atoms with Crippen molar-refractivity contribution in [3.8, 4) is 5.75 Å². The van der Waals surface area contributed by atoms with E-state index in [0.717, 1.165) is 27.2 Å². The first-order valence-electron chi connectivity index (χ1n) is 6.98. The lowest BCUT2D eigenvalue weighted by Crippen LogP contribution is -2.27. The van der Waals surface area contributed by atoms with E-state index in [-0.39, 0.29) is 12.1 Å². The van der Waals surface area contributed by atoms with Gasteiger partial charge in [-0.1, -0.05) is 39.7 Å². The van der Waals surface area contributed by atoms with Crippen LogP contribution in [0.2, 0.25) is 5.02 Å². The summed E-state index contributed by atoms with van der Waals surface area (Å²) < 4.78 is 7.29. The zero-order valence-corrected chi connectivity index (χ0v) is 14.3. The molecule has 1 N–H and O–H groups in total. The van der Waals surface area contributed by atoms with E-state index in [9.17, 15) is 0 Å². The lowest BCUT2D eigenvalue weighted by atomic mass is 9.93. The fraction of sp³-hybridized carbons (Fsp3) is 0.294. The van der Waals surface area contributed by atoms with E-state index in [2.05, 4.69) is 46.4 Å². The summed E-state index contributed by atoms with van der Waals surface area (Å²) in [6, 6.07) is 12.4. The summed E-state index contributed by atoms with van der Waals surface area (Å²) in [5.74, 6) is 0.905. The first kappa shape index (κ1) is 14.9. The molecule has 2 nitrogen and oxygen atoms in total. The van der Waals surface area contributed by atoms with Crippen LogP contribution in [0.3, 0.4) is 0 Å².